The molecule has 0 spiro atoms. The van der Waals surface area contributed by atoms with Gasteiger partial charge >= 0.3 is 0 Å². The first kappa shape index (κ1) is 10.2. The van der Waals surface area contributed by atoms with E-state index in [1.807, 2.05) is 6.92 Å². The number of amides is 1. The van der Waals surface area contributed by atoms with Crippen molar-refractivity contribution in [3.63, 3.8) is 0 Å². The molecule has 6 heteroatoms. The number of primary amides is 1. The van der Waals surface area contributed by atoms with Gasteiger partial charge in [0.1, 0.15) is 0 Å². The summed E-state index contributed by atoms with van der Waals surface area (Å²) in [7, 11) is 0. The van der Waals surface area contributed by atoms with Crippen molar-refractivity contribution in [1.82, 2.24) is 9.97 Å². The predicted octanol–water partition coefficient (Wildman–Crippen LogP) is 0.0699. The molecule has 1 rings (SSSR count). The maximum Gasteiger partial charge on any atom is 0.273 e. The van der Waals surface area contributed by atoms with E-state index in [0.29, 0.717) is 6.61 Å². The number of nitrogens with zero attached hydrogens (tertiary/aromatic N) is 2. The lowest BCUT2D eigenvalue weighted by Gasteiger charge is -2.04. The third kappa shape index (κ3) is 2.32. The topological polar surface area (TPSA) is 98.3 Å². The summed E-state index contributed by atoms with van der Waals surface area (Å²) in [6, 6.07) is 0. The van der Waals surface area contributed by atoms with Crippen LogP contribution in [0.2, 0.25) is 0 Å². The van der Waals surface area contributed by atoms with Crippen LogP contribution in [0, 0.1) is 0 Å². The number of rotatable bonds is 4. The molecule has 0 bridgehead atoms. The number of hydrogen-bond donors (Lipinski definition) is 2. The summed E-state index contributed by atoms with van der Waals surface area (Å²) in [5, 5.41) is 9.10. The van der Waals surface area contributed by atoms with E-state index in [-0.39, 0.29) is 11.6 Å². The molecule has 0 aliphatic heterocycles. The molecule has 76 valence electrons. The molecule has 3 N–H and O–H groups in total. The highest BCUT2D eigenvalue weighted by atomic mass is 16.5. The molecule has 0 saturated carbocycles. The highest BCUT2D eigenvalue weighted by molar-refractivity contribution is 5.92. The smallest absolute Gasteiger partial charge is 0.273 e. The first-order valence-corrected chi connectivity index (χ1v) is 4.13. The van der Waals surface area contributed by atoms with E-state index in [1.165, 1.54) is 6.20 Å². The second kappa shape index (κ2) is 4.40. The fourth-order valence-corrected chi connectivity index (χ4v) is 0.808. The van der Waals surface area contributed by atoms with Crippen LogP contribution in [0.4, 0.5) is 0 Å². The Morgan fingerprint density at radius 3 is 3.00 bits per heavy atom. The number of ether oxygens (including phenoxy) is 1. The van der Waals surface area contributed by atoms with Gasteiger partial charge in [0.25, 0.3) is 5.91 Å². The zero-order valence-corrected chi connectivity index (χ0v) is 7.73. The molecule has 1 amide bonds. The number of aromatic nitrogens is 2. The normalized spacial score (nSPS) is 9.79. The molecule has 0 unspecified atom stereocenters. The zero-order valence-electron chi connectivity index (χ0n) is 7.73. The number of hydrogen-bond acceptors (Lipinski definition) is 5. The Kier molecular flexibility index (Phi) is 3.22. The predicted molar refractivity (Wildman–Crippen MR) is 48.0 cm³/mol. The fourth-order valence-electron chi connectivity index (χ4n) is 0.808. The molecule has 6 nitrogen and oxygen atoms in total. The molecule has 0 fully saturated rings. The standard InChI is InChI=1S/C8H11N3O3/c1-2-3-14-5-4-10-8(13)6(11-5)7(9)12/h4H,2-3H2,1H3,(H2,9,12)(H,10,13). The maximum atomic E-state index is 10.8. The number of carbonyl (C=O) groups is 1. The molecule has 0 aromatic carbocycles. The minimum absolute atomic E-state index is 0.179. The first-order chi connectivity index (χ1) is 6.65. The van der Waals surface area contributed by atoms with Gasteiger partial charge in [-0.05, 0) is 6.42 Å². The minimum atomic E-state index is -0.836. The van der Waals surface area contributed by atoms with E-state index in [9.17, 15) is 4.79 Å². The van der Waals surface area contributed by atoms with Gasteiger partial charge in [-0.15, -0.1) is 0 Å². The molecular formula is C8H11N3O3. The van der Waals surface area contributed by atoms with Crippen LogP contribution >= 0.6 is 0 Å². The summed E-state index contributed by atoms with van der Waals surface area (Å²) in [6.45, 7) is 2.40. The highest BCUT2D eigenvalue weighted by Gasteiger charge is 2.12. The Morgan fingerprint density at radius 1 is 1.71 bits per heavy atom. The van der Waals surface area contributed by atoms with Crippen LogP contribution in [-0.2, 0) is 0 Å². The third-order valence-corrected chi connectivity index (χ3v) is 1.42. The highest BCUT2D eigenvalue weighted by Crippen LogP contribution is 2.14. The van der Waals surface area contributed by atoms with Gasteiger partial charge in [-0.1, -0.05) is 6.92 Å². The Balaban J connectivity index is 2.89. The molecule has 1 aromatic rings. The van der Waals surface area contributed by atoms with Crippen LogP contribution in [-0.4, -0.2) is 27.6 Å². The van der Waals surface area contributed by atoms with E-state index in [0.717, 1.165) is 6.42 Å². The lowest BCUT2D eigenvalue weighted by Crippen LogP contribution is -2.14. The van der Waals surface area contributed by atoms with Crippen molar-refractivity contribution in [3.05, 3.63) is 11.9 Å². The molecule has 0 aliphatic rings. The second-order valence-electron chi connectivity index (χ2n) is 2.59. The minimum Gasteiger partial charge on any atom is -0.492 e. The lowest BCUT2D eigenvalue weighted by atomic mass is 10.4. The van der Waals surface area contributed by atoms with Gasteiger partial charge in [-0.25, -0.2) is 9.97 Å². The summed E-state index contributed by atoms with van der Waals surface area (Å²) in [5.74, 6) is -1.14. The van der Waals surface area contributed by atoms with E-state index >= 15 is 0 Å². The van der Waals surface area contributed by atoms with Crippen LogP contribution in [0.3, 0.4) is 0 Å². The number of carbonyl (C=O) groups excluding carboxylic acids is 1. The van der Waals surface area contributed by atoms with E-state index in [4.69, 9.17) is 15.6 Å². The van der Waals surface area contributed by atoms with E-state index in [2.05, 4.69) is 9.97 Å². The van der Waals surface area contributed by atoms with Crippen LogP contribution in [0.15, 0.2) is 6.20 Å². The van der Waals surface area contributed by atoms with Crippen LogP contribution in [0.5, 0.6) is 11.8 Å². The average Bonchev–Trinajstić information content (AvgIpc) is 2.16. The third-order valence-electron chi connectivity index (χ3n) is 1.42. The molecular weight excluding hydrogens is 186 g/mol. The van der Waals surface area contributed by atoms with Gasteiger partial charge in [0, 0.05) is 0 Å². The Morgan fingerprint density at radius 2 is 2.43 bits per heavy atom. The summed E-state index contributed by atoms with van der Waals surface area (Å²) in [4.78, 5) is 18.0. The summed E-state index contributed by atoms with van der Waals surface area (Å²) < 4.78 is 5.11. The molecule has 1 aromatic heterocycles. The number of nitrogens with two attached hydrogens (primary N) is 1. The monoisotopic (exact) mass is 197 g/mol. The molecule has 14 heavy (non-hydrogen) atoms. The van der Waals surface area contributed by atoms with Crippen molar-refractivity contribution in [1.29, 1.82) is 0 Å². The fraction of sp³-hybridized carbons (Fsp3) is 0.375. The molecule has 0 radical (unpaired) electrons. The Hall–Kier alpha value is -1.85. The van der Waals surface area contributed by atoms with Crippen molar-refractivity contribution < 1.29 is 14.6 Å². The number of aromatic hydroxyl groups is 1. The summed E-state index contributed by atoms with van der Waals surface area (Å²) in [5.41, 5.74) is 4.68. The van der Waals surface area contributed by atoms with Crippen LogP contribution < -0.4 is 10.5 Å². The Labute approximate surface area is 80.7 Å². The largest absolute Gasteiger partial charge is 0.492 e. The van der Waals surface area contributed by atoms with Crippen molar-refractivity contribution in [3.8, 4) is 11.8 Å². The molecule has 1 heterocycles. The second-order valence-corrected chi connectivity index (χ2v) is 2.59. The molecule has 0 aliphatic carbocycles. The van der Waals surface area contributed by atoms with Gasteiger partial charge in [0.15, 0.2) is 5.69 Å². The van der Waals surface area contributed by atoms with Crippen molar-refractivity contribution in [2.24, 2.45) is 5.73 Å². The van der Waals surface area contributed by atoms with Gasteiger partial charge in [-0.3, -0.25) is 4.79 Å². The van der Waals surface area contributed by atoms with E-state index in [1.54, 1.807) is 0 Å². The lowest BCUT2D eigenvalue weighted by molar-refractivity contribution is 0.0990. The van der Waals surface area contributed by atoms with Gasteiger partial charge < -0.3 is 15.6 Å². The SMILES string of the molecule is CCCOc1cnc(O)c(C(N)=O)n1. The quantitative estimate of drug-likeness (QED) is 0.711. The van der Waals surface area contributed by atoms with Crippen LogP contribution in [0.25, 0.3) is 0 Å². The van der Waals surface area contributed by atoms with Crippen LogP contribution in [0.1, 0.15) is 23.8 Å². The summed E-state index contributed by atoms with van der Waals surface area (Å²) >= 11 is 0. The van der Waals surface area contributed by atoms with Crippen molar-refractivity contribution in [2.45, 2.75) is 13.3 Å². The van der Waals surface area contributed by atoms with E-state index < -0.39 is 11.8 Å². The zero-order chi connectivity index (χ0) is 10.6. The van der Waals surface area contributed by atoms with Gasteiger partial charge in [0.05, 0.1) is 12.8 Å². The maximum absolute atomic E-state index is 10.8. The first-order valence-electron chi connectivity index (χ1n) is 4.13. The van der Waals surface area contributed by atoms with Crippen molar-refractivity contribution in [2.75, 3.05) is 6.61 Å². The van der Waals surface area contributed by atoms with Crippen molar-refractivity contribution >= 4 is 5.91 Å². The Bertz CT molecular complexity index is 341. The van der Waals surface area contributed by atoms with Gasteiger partial charge in [-0.2, -0.15) is 0 Å². The average molecular weight is 197 g/mol. The molecule has 0 saturated heterocycles. The molecule has 0 atom stereocenters. The summed E-state index contributed by atoms with van der Waals surface area (Å²) in [6.07, 6.45) is 2.05. The van der Waals surface area contributed by atoms with Gasteiger partial charge in [0.2, 0.25) is 11.8 Å².